The van der Waals surface area contributed by atoms with E-state index in [2.05, 4.69) is 0 Å². The first-order valence-electron chi connectivity index (χ1n) is 4.59. The van der Waals surface area contributed by atoms with Gasteiger partial charge in [-0.15, -0.1) is 11.6 Å². The third kappa shape index (κ3) is 3.20. The van der Waals surface area contributed by atoms with Crippen molar-refractivity contribution in [2.24, 2.45) is 0 Å². The lowest BCUT2D eigenvalue weighted by Crippen LogP contribution is -2.27. The van der Waals surface area contributed by atoms with Crippen LogP contribution in [0.2, 0.25) is 0 Å². The van der Waals surface area contributed by atoms with E-state index in [4.69, 9.17) is 11.6 Å². The lowest BCUT2D eigenvalue weighted by molar-refractivity contribution is -0.127. The number of hydrogen-bond acceptors (Lipinski definition) is 1. The van der Waals surface area contributed by atoms with Crippen molar-refractivity contribution in [1.82, 2.24) is 4.90 Å². The molecule has 1 amide bonds. The van der Waals surface area contributed by atoms with Gasteiger partial charge in [0.25, 0.3) is 0 Å². The van der Waals surface area contributed by atoms with Gasteiger partial charge in [-0.05, 0) is 30.2 Å². The summed E-state index contributed by atoms with van der Waals surface area (Å²) in [5.41, 5.74) is 1.77. The lowest BCUT2D eigenvalue weighted by atomic mass is 10.1. The molecule has 0 N–H and O–H groups in total. The second kappa shape index (κ2) is 5.12. The first-order chi connectivity index (χ1) is 7.04. The summed E-state index contributed by atoms with van der Waals surface area (Å²) in [7, 11) is 1.65. The van der Waals surface area contributed by atoms with E-state index < -0.39 is 0 Å². The second-order valence-electron chi connectivity index (χ2n) is 3.45. The second-order valence-corrected chi connectivity index (χ2v) is 3.72. The number of aryl methyl sites for hydroxylation is 1. The molecule has 2 nitrogen and oxygen atoms in total. The molecule has 0 saturated heterocycles. The van der Waals surface area contributed by atoms with E-state index in [1.54, 1.807) is 13.1 Å². The minimum absolute atomic E-state index is 0.0507. The Morgan fingerprint density at radius 1 is 1.53 bits per heavy atom. The Bertz CT molecular complexity index is 368. The first kappa shape index (κ1) is 12.0. The Morgan fingerprint density at radius 2 is 2.20 bits per heavy atom. The molecule has 0 aliphatic carbocycles. The molecule has 0 fully saturated rings. The number of alkyl halides is 1. The van der Waals surface area contributed by atoms with Crippen molar-refractivity contribution in [3.63, 3.8) is 0 Å². The predicted octanol–water partition coefficient (Wildman–Crippen LogP) is 2.33. The predicted molar refractivity (Wildman–Crippen MR) is 58.3 cm³/mol. The topological polar surface area (TPSA) is 20.3 Å². The molecule has 1 aromatic carbocycles. The molecular weight excluding hydrogens is 217 g/mol. The van der Waals surface area contributed by atoms with Crippen LogP contribution in [0.4, 0.5) is 4.39 Å². The van der Waals surface area contributed by atoms with E-state index in [0.717, 1.165) is 11.1 Å². The monoisotopic (exact) mass is 229 g/mol. The van der Waals surface area contributed by atoms with Crippen LogP contribution in [-0.4, -0.2) is 23.7 Å². The van der Waals surface area contributed by atoms with Gasteiger partial charge < -0.3 is 4.90 Å². The Balaban J connectivity index is 2.80. The lowest BCUT2D eigenvalue weighted by Gasteiger charge is -2.17. The van der Waals surface area contributed by atoms with Gasteiger partial charge in [0.1, 0.15) is 11.7 Å². The highest BCUT2D eigenvalue weighted by molar-refractivity contribution is 6.27. The smallest absolute Gasteiger partial charge is 0.237 e. The summed E-state index contributed by atoms with van der Waals surface area (Å²) in [5, 5.41) is 0. The third-order valence-electron chi connectivity index (χ3n) is 2.26. The molecule has 0 saturated carbocycles. The summed E-state index contributed by atoms with van der Waals surface area (Å²) in [5.74, 6) is -0.507. The maximum absolute atomic E-state index is 13.0. The zero-order valence-corrected chi connectivity index (χ0v) is 9.51. The van der Waals surface area contributed by atoms with Crippen LogP contribution in [0.1, 0.15) is 11.1 Å². The molecule has 1 rings (SSSR count). The zero-order valence-electron chi connectivity index (χ0n) is 8.76. The van der Waals surface area contributed by atoms with E-state index >= 15 is 0 Å². The summed E-state index contributed by atoms with van der Waals surface area (Å²) in [6.45, 7) is 2.27. The summed E-state index contributed by atoms with van der Waals surface area (Å²) in [6.07, 6.45) is 0. The Kier molecular flexibility index (Phi) is 4.09. The molecule has 0 atom stereocenters. The van der Waals surface area contributed by atoms with Gasteiger partial charge >= 0.3 is 0 Å². The molecule has 0 radical (unpaired) electrons. The molecule has 0 spiro atoms. The fourth-order valence-corrected chi connectivity index (χ4v) is 1.46. The highest BCUT2D eigenvalue weighted by Gasteiger charge is 2.09. The van der Waals surface area contributed by atoms with Crippen molar-refractivity contribution >= 4 is 17.5 Å². The van der Waals surface area contributed by atoms with Gasteiger partial charge in [0, 0.05) is 13.6 Å². The maximum atomic E-state index is 13.0. The van der Waals surface area contributed by atoms with E-state index in [0.29, 0.717) is 6.54 Å². The fourth-order valence-electron chi connectivity index (χ4n) is 1.26. The van der Waals surface area contributed by atoms with Crippen LogP contribution >= 0.6 is 11.6 Å². The average Bonchev–Trinajstić information content (AvgIpc) is 2.22. The van der Waals surface area contributed by atoms with Crippen LogP contribution in [0.25, 0.3) is 0 Å². The number of amides is 1. The van der Waals surface area contributed by atoms with Crippen molar-refractivity contribution in [3.05, 3.63) is 35.1 Å². The van der Waals surface area contributed by atoms with Crippen molar-refractivity contribution < 1.29 is 9.18 Å². The Morgan fingerprint density at radius 3 is 2.80 bits per heavy atom. The van der Waals surface area contributed by atoms with Gasteiger partial charge in [-0.3, -0.25) is 4.79 Å². The molecule has 4 heteroatoms. The zero-order chi connectivity index (χ0) is 11.4. The number of benzene rings is 1. The number of carbonyl (C=O) groups is 1. The summed E-state index contributed by atoms with van der Waals surface area (Å²) in [4.78, 5) is 12.7. The van der Waals surface area contributed by atoms with Gasteiger partial charge in [0.2, 0.25) is 5.91 Å². The van der Waals surface area contributed by atoms with Crippen LogP contribution < -0.4 is 0 Å². The van der Waals surface area contributed by atoms with Crippen LogP contribution in [0.5, 0.6) is 0 Å². The normalized spacial score (nSPS) is 10.1. The van der Waals surface area contributed by atoms with Crippen LogP contribution in [0.3, 0.4) is 0 Å². The quantitative estimate of drug-likeness (QED) is 0.729. The van der Waals surface area contributed by atoms with E-state index in [1.165, 1.54) is 17.0 Å². The van der Waals surface area contributed by atoms with Gasteiger partial charge in [0.05, 0.1) is 0 Å². The van der Waals surface area contributed by atoms with E-state index in [1.807, 2.05) is 6.92 Å². The Hall–Kier alpha value is -1.09. The first-order valence-corrected chi connectivity index (χ1v) is 5.13. The summed E-state index contributed by atoms with van der Waals surface area (Å²) < 4.78 is 13.0. The third-order valence-corrected chi connectivity index (χ3v) is 2.49. The average molecular weight is 230 g/mol. The highest BCUT2D eigenvalue weighted by Crippen LogP contribution is 2.12. The van der Waals surface area contributed by atoms with Gasteiger partial charge in [0.15, 0.2) is 0 Å². The molecule has 0 aromatic heterocycles. The molecule has 0 heterocycles. The number of hydrogen-bond donors (Lipinski definition) is 0. The SMILES string of the molecule is Cc1ccc(F)cc1CN(C)C(=O)CCl. The van der Waals surface area contributed by atoms with Crippen LogP contribution in [-0.2, 0) is 11.3 Å². The van der Waals surface area contributed by atoms with E-state index in [-0.39, 0.29) is 17.6 Å². The Labute approximate surface area is 93.6 Å². The molecule has 0 bridgehead atoms. The van der Waals surface area contributed by atoms with Gasteiger partial charge in [-0.25, -0.2) is 4.39 Å². The summed E-state index contributed by atoms with van der Waals surface area (Å²) >= 11 is 5.42. The van der Waals surface area contributed by atoms with Crippen molar-refractivity contribution in [3.8, 4) is 0 Å². The molecule has 1 aromatic rings. The molecule has 82 valence electrons. The molecule has 15 heavy (non-hydrogen) atoms. The van der Waals surface area contributed by atoms with Crippen molar-refractivity contribution in [2.75, 3.05) is 12.9 Å². The number of carbonyl (C=O) groups excluding carboxylic acids is 1. The number of halogens is 2. The minimum atomic E-state index is -0.290. The van der Waals surface area contributed by atoms with Crippen LogP contribution in [0, 0.1) is 12.7 Å². The minimum Gasteiger partial charge on any atom is -0.340 e. The standard InChI is InChI=1S/C11H13ClFNO/c1-8-3-4-10(13)5-9(8)7-14(2)11(15)6-12/h3-5H,6-7H2,1-2H3. The van der Waals surface area contributed by atoms with Crippen molar-refractivity contribution in [2.45, 2.75) is 13.5 Å². The molecule has 0 aliphatic rings. The van der Waals surface area contributed by atoms with E-state index in [9.17, 15) is 9.18 Å². The highest BCUT2D eigenvalue weighted by atomic mass is 35.5. The van der Waals surface area contributed by atoms with Gasteiger partial charge in [-0.2, -0.15) is 0 Å². The fraction of sp³-hybridized carbons (Fsp3) is 0.364. The maximum Gasteiger partial charge on any atom is 0.237 e. The largest absolute Gasteiger partial charge is 0.340 e. The molecular formula is C11H13ClFNO. The van der Waals surface area contributed by atoms with Crippen LogP contribution in [0.15, 0.2) is 18.2 Å². The van der Waals surface area contributed by atoms with Crippen molar-refractivity contribution in [1.29, 1.82) is 0 Å². The number of rotatable bonds is 3. The van der Waals surface area contributed by atoms with Gasteiger partial charge in [-0.1, -0.05) is 6.07 Å². The summed E-state index contributed by atoms with van der Waals surface area (Å²) in [6, 6.07) is 4.54. The molecule has 0 unspecified atom stereocenters. The molecule has 0 aliphatic heterocycles. The number of nitrogens with zero attached hydrogens (tertiary/aromatic N) is 1.